The molecule has 5 heteroatoms. The molecule has 0 amide bonds. The number of fused-ring (bicyclic) bond motifs is 3. The molecule has 1 aliphatic carbocycles. The summed E-state index contributed by atoms with van der Waals surface area (Å²) in [7, 11) is 0. The van der Waals surface area contributed by atoms with Crippen molar-refractivity contribution >= 4 is 34.0 Å². The van der Waals surface area contributed by atoms with Crippen molar-refractivity contribution in [1.29, 1.82) is 0 Å². The van der Waals surface area contributed by atoms with Gasteiger partial charge in [0.1, 0.15) is 4.87 Å². The van der Waals surface area contributed by atoms with Gasteiger partial charge in [0.15, 0.2) is 5.76 Å². The highest BCUT2D eigenvalue weighted by Gasteiger charge is 2.47. The maximum atomic E-state index is 13.1. The summed E-state index contributed by atoms with van der Waals surface area (Å²) in [5.41, 5.74) is 4.95. The molecule has 0 saturated carbocycles. The van der Waals surface area contributed by atoms with E-state index in [1.54, 1.807) is 30.2 Å². The molecule has 0 N–H and O–H groups in total. The number of Topliss-reactive ketones (excluding diaryl/α,β-unsaturated/α-hetero) is 1. The van der Waals surface area contributed by atoms with Crippen molar-refractivity contribution in [2.45, 2.75) is 37.0 Å². The SMILES string of the molecule is O=C(CC1(c2ccccc2)SC(=S)c2cc3c(n21)CCCC3)c1ccco1. The average molecular weight is 394 g/mol. The second-order valence-corrected chi connectivity index (χ2v) is 9.12. The number of carbonyl (C=O) groups excluding carboxylic acids is 1. The van der Waals surface area contributed by atoms with Crippen LogP contribution < -0.4 is 0 Å². The van der Waals surface area contributed by atoms with Gasteiger partial charge in [-0.1, -0.05) is 54.3 Å². The molecule has 1 unspecified atom stereocenters. The van der Waals surface area contributed by atoms with Crippen molar-refractivity contribution in [2.75, 3.05) is 0 Å². The first-order valence-electron chi connectivity index (χ1n) is 9.28. The molecule has 2 aliphatic rings. The van der Waals surface area contributed by atoms with Crippen LogP contribution in [0.4, 0.5) is 0 Å². The van der Waals surface area contributed by atoms with E-state index >= 15 is 0 Å². The third-order valence-corrected chi connectivity index (χ3v) is 7.31. The maximum Gasteiger partial charge on any atom is 0.201 e. The van der Waals surface area contributed by atoms with Crippen LogP contribution in [-0.2, 0) is 17.7 Å². The summed E-state index contributed by atoms with van der Waals surface area (Å²) in [4.78, 5) is 12.5. The fourth-order valence-corrected chi connectivity index (χ4v) is 6.24. The van der Waals surface area contributed by atoms with Crippen molar-refractivity contribution in [3.05, 3.63) is 83.1 Å². The Hall–Kier alpha value is -2.11. The second-order valence-electron chi connectivity index (χ2n) is 7.16. The molecular formula is C22H19NO2S2. The quantitative estimate of drug-likeness (QED) is 0.442. The van der Waals surface area contributed by atoms with Gasteiger partial charge in [0.25, 0.3) is 0 Å². The summed E-state index contributed by atoms with van der Waals surface area (Å²) in [6, 6.07) is 16.0. The molecule has 0 bridgehead atoms. The van der Waals surface area contributed by atoms with E-state index in [0.717, 1.165) is 28.3 Å². The van der Waals surface area contributed by atoms with Crippen molar-refractivity contribution in [3.63, 3.8) is 0 Å². The van der Waals surface area contributed by atoms with Crippen molar-refractivity contribution in [3.8, 4) is 0 Å². The number of hydrogen-bond acceptors (Lipinski definition) is 4. The Morgan fingerprint density at radius 3 is 2.74 bits per heavy atom. The lowest BCUT2D eigenvalue weighted by atomic mass is 9.95. The van der Waals surface area contributed by atoms with E-state index in [-0.39, 0.29) is 5.78 Å². The van der Waals surface area contributed by atoms with Crippen molar-refractivity contribution in [1.82, 2.24) is 4.57 Å². The molecule has 2 aromatic heterocycles. The van der Waals surface area contributed by atoms with E-state index in [1.807, 2.05) is 18.2 Å². The molecule has 5 rings (SSSR count). The van der Waals surface area contributed by atoms with Crippen LogP contribution in [0.25, 0.3) is 0 Å². The smallest absolute Gasteiger partial charge is 0.201 e. The first kappa shape index (κ1) is 17.0. The summed E-state index contributed by atoms with van der Waals surface area (Å²) in [5.74, 6) is 0.413. The summed E-state index contributed by atoms with van der Waals surface area (Å²) in [6.07, 6.45) is 6.42. The van der Waals surface area contributed by atoms with E-state index in [0.29, 0.717) is 12.2 Å². The number of furan rings is 1. The maximum absolute atomic E-state index is 13.1. The number of thioether (sulfide) groups is 1. The third kappa shape index (κ3) is 2.64. The zero-order valence-corrected chi connectivity index (χ0v) is 16.4. The van der Waals surface area contributed by atoms with Crippen LogP contribution in [0.3, 0.4) is 0 Å². The van der Waals surface area contributed by atoms with Gasteiger partial charge in [-0.25, -0.2) is 0 Å². The van der Waals surface area contributed by atoms with E-state index < -0.39 is 4.87 Å². The van der Waals surface area contributed by atoms with E-state index in [9.17, 15) is 4.79 Å². The average Bonchev–Trinajstić information content (AvgIpc) is 3.40. The highest BCUT2D eigenvalue weighted by Crippen LogP contribution is 2.52. The molecule has 3 aromatic rings. The minimum Gasteiger partial charge on any atom is -0.461 e. The third-order valence-electron chi connectivity index (χ3n) is 5.56. The van der Waals surface area contributed by atoms with Crippen LogP contribution in [0, 0.1) is 0 Å². The topological polar surface area (TPSA) is 35.1 Å². The van der Waals surface area contributed by atoms with Gasteiger partial charge in [-0.2, -0.15) is 0 Å². The molecule has 1 atom stereocenters. The Labute approximate surface area is 167 Å². The monoisotopic (exact) mass is 393 g/mol. The Morgan fingerprint density at radius 1 is 1.15 bits per heavy atom. The number of nitrogens with zero attached hydrogens (tertiary/aromatic N) is 1. The summed E-state index contributed by atoms with van der Waals surface area (Å²) >= 11 is 7.40. The molecule has 27 heavy (non-hydrogen) atoms. The lowest BCUT2D eigenvalue weighted by Gasteiger charge is -2.33. The number of carbonyl (C=O) groups is 1. The largest absolute Gasteiger partial charge is 0.461 e. The minimum absolute atomic E-state index is 0.00487. The molecule has 136 valence electrons. The van der Waals surface area contributed by atoms with Crippen LogP contribution in [-0.4, -0.2) is 14.5 Å². The van der Waals surface area contributed by atoms with Gasteiger partial charge in [-0.05, 0) is 55.0 Å². The molecule has 0 fully saturated rings. The van der Waals surface area contributed by atoms with Crippen LogP contribution in [0.1, 0.15) is 52.3 Å². The van der Waals surface area contributed by atoms with Gasteiger partial charge < -0.3 is 8.98 Å². The Bertz CT molecular complexity index is 1020. The summed E-state index contributed by atoms with van der Waals surface area (Å²) in [5, 5.41) is 0. The standard InChI is InChI=1S/C22H19NO2S2/c24-19(20-11-6-12-25-20)14-22(16-8-2-1-3-9-16)23-17-10-5-4-7-15(17)13-18(23)21(26)27-22/h1-3,6,8-9,11-13H,4-5,7,10,14H2. The second kappa shape index (κ2) is 6.50. The zero-order chi connectivity index (χ0) is 18.4. The van der Waals surface area contributed by atoms with Gasteiger partial charge in [0.2, 0.25) is 5.78 Å². The van der Waals surface area contributed by atoms with Crippen molar-refractivity contribution in [2.24, 2.45) is 0 Å². The Balaban J connectivity index is 1.70. The number of hydrogen-bond donors (Lipinski definition) is 0. The molecule has 1 aliphatic heterocycles. The lowest BCUT2D eigenvalue weighted by Crippen LogP contribution is -2.33. The first-order chi connectivity index (χ1) is 13.2. The predicted molar refractivity (Wildman–Crippen MR) is 112 cm³/mol. The lowest BCUT2D eigenvalue weighted by molar-refractivity contribution is 0.0935. The first-order valence-corrected chi connectivity index (χ1v) is 10.5. The summed E-state index contributed by atoms with van der Waals surface area (Å²) in [6.45, 7) is 0. The van der Waals surface area contributed by atoms with Gasteiger partial charge >= 0.3 is 0 Å². The minimum atomic E-state index is -0.539. The van der Waals surface area contributed by atoms with E-state index in [4.69, 9.17) is 16.6 Å². The fraction of sp³-hybridized carbons (Fsp3) is 0.273. The van der Waals surface area contributed by atoms with Gasteiger partial charge in [-0.15, -0.1) is 0 Å². The number of thiocarbonyl (C=S) groups is 1. The van der Waals surface area contributed by atoms with Crippen molar-refractivity contribution < 1.29 is 9.21 Å². The van der Waals surface area contributed by atoms with Crippen LogP contribution in [0.2, 0.25) is 0 Å². The number of benzene rings is 1. The number of aryl methyl sites for hydroxylation is 1. The fourth-order valence-electron chi connectivity index (χ4n) is 4.36. The Morgan fingerprint density at radius 2 is 1.96 bits per heavy atom. The van der Waals surface area contributed by atoms with E-state index in [2.05, 4.69) is 22.8 Å². The zero-order valence-electron chi connectivity index (χ0n) is 14.8. The normalized spacial score (nSPS) is 21.1. The predicted octanol–water partition coefficient (Wildman–Crippen LogP) is 5.36. The highest BCUT2D eigenvalue weighted by molar-refractivity contribution is 8.24. The molecule has 0 saturated heterocycles. The van der Waals surface area contributed by atoms with E-state index in [1.165, 1.54) is 24.1 Å². The Kier molecular flexibility index (Phi) is 4.10. The summed E-state index contributed by atoms with van der Waals surface area (Å²) < 4.78 is 8.64. The highest BCUT2D eigenvalue weighted by atomic mass is 32.2. The molecule has 0 radical (unpaired) electrons. The molecule has 3 nitrogen and oxygen atoms in total. The molecular weight excluding hydrogens is 374 g/mol. The van der Waals surface area contributed by atoms with Crippen LogP contribution in [0.15, 0.2) is 59.2 Å². The molecule has 0 spiro atoms. The molecule has 3 heterocycles. The number of aromatic nitrogens is 1. The van der Waals surface area contributed by atoms with Gasteiger partial charge in [-0.3, -0.25) is 4.79 Å². The van der Waals surface area contributed by atoms with Gasteiger partial charge in [0.05, 0.1) is 22.6 Å². The van der Waals surface area contributed by atoms with Gasteiger partial charge in [0, 0.05) is 5.69 Å². The van der Waals surface area contributed by atoms with Crippen LogP contribution in [0.5, 0.6) is 0 Å². The number of ketones is 1. The van der Waals surface area contributed by atoms with Crippen LogP contribution >= 0.6 is 24.0 Å². The number of rotatable bonds is 4. The molecule has 1 aromatic carbocycles.